The van der Waals surface area contributed by atoms with Gasteiger partial charge >= 0.3 is 5.97 Å². The molecule has 1 aromatic carbocycles. The van der Waals surface area contributed by atoms with Crippen LogP contribution in [0.1, 0.15) is 108 Å². The molecule has 0 spiro atoms. The summed E-state index contributed by atoms with van der Waals surface area (Å²) in [6.07, 6.45) is 16.5. The second-order valence-electron chi connectivity index (χ2n) is 8.11. The molecule has 4 nitrogen and oxygen atoms in total. The van der Waals surface area contributed by atoms with Crippen LogP contribution in [0.5, 0.6) is 0 Å². The van der Waals surface area contributed by atoms with E-state index >= 15 is 0 Å². The summed E-state index contributed by atoms with van der Waals surface area (Å²) >= 11 is 0. The molecular weight excluding hydrogens is 381 g/mol. The van der Waals surface area contributed by atoms with Crippen molar-refractivity contribution in [3.8, 4) is 0 Å². The average Bonchev–Trinajstić information content (AvgIpc) is 2.74. The molecule has 0 saturated heterocycles. The van der Waals surface area contributed by atoms with Crippen LogP contribution in [-0.4, -0.2) is 24.5 Å². The Morgan fingerprint density at radius 1 is 0.833 bits per heavy atom. The molecule has 1 amide bonds. The van der Waals surface area contributed by atoms with Gasteiger partial charge in [0, 0.05) is 5.56 Å². The molecule has 0 aromatic heterocycles. The van der Waals surface area contributed by atoms with Crippen molar-refractivity contribution in [2.75, 3.05) is 6.61 Å². The topological polar surface area (TPSA) is 55.4 Å². The van der Waals surface area contributed by atoms with Gasteiger partial charge in [-0.15, -0.1) is 0 Å². The highest BCUT2D eigenvalue weighted by Gasteiger charge is 2.17. The molecule has 1 aromatic rings. The van der Waals surface area contributed by atoms with Gasteiger partial charge < -0.3 is 10.1 Å². The first-order valence-electron chi connectivity index (χ1n) is 11.8. The predicted octanol–water partition coefficient (Wildman–Crippen LogP) is 6.58. The maximum absolute atomic E-state index is 12.9. The van der Waals surface area contributed by atoms with Crippen LogP contribution in [0, 0.1) is 5.82 Å². The molecule has 0 heterocycles. The quantitative estimate of drug-likeness (QED) is 0.228. The summed E-state index contributed by atoms with van der Waals surface area (Å²) in [6, 6.07) is 4.47. The average molecular weight is 422 g/mol. The number of nitrogens with one attached hydrogen (secondary N) is 1. The fraction of sp³-hybridized carbons (Fsp3) is 0.680. The molecule has 1 atom stereocenters. The molecule has 0 radical (unpaired) electrons. The number of carbonyl (C=O) groups is 2. The molecule has 5 heteroatoms. The lowest BCUT2D eigenvalue weighted by Gasteiger charge is -2.13. The fourth-order valence-electron chi connectivity index (χ4n) is 3.36. The minimum atomic E-state index is -0.732. The highest BCUT2D eigenvalue weighted by atomic mass is 19.1. The number of unbranched alkanes of at least 4 members (excludes halogenated alkanes) is 12. The van der Waals surface area contributed by atoms with Gasteiger partial charge in [-0.3, -0.25) is 4.79 Å². The second-order valence-corrected chi connectivity index (χ2v) is 8.11. The van der Waals surface area contributed by atoms with Gasteiger partial charge in [0.15, 0.2) is 0 Å². The Morgan fingerprint density at radius 2 is 1.30 bits per heavy atom. The zero-order valence-electron chi connectivity index (χ0n) is 18.9. The Bertz CT molecular complexity index is 589. The lowest BCUT2D eigenvalue weighted by atomic mass is 10.0. The molecule has 30 heavy (non-hydrogen) atoms. The number of hydrogen-bond donors (Lipinski definition) is 1. The first kappa shape index (κ1) is 26.1. The van der Waals surface area contributed by atoms with E-state index in [9.17, 15) is 14.0 Å². The Labute approximate surface area is 182 Å². The predicted molar refractivity (Wildman–Crippen MR) is 120 cm³/mol. The van der Waals surface area contributed by atoms with Crippen molar-refractivity contribution in [2.24, 2.45) is 0 Å². The minimum Gasteiger partial charge on any atom is -0.464 e. The van der Waals surface area contributed by atoms with E-state index in [0.717, 1.165) is 12.8 Å². The number of halogens is 1. The molecule has 0 aliphatic rings. The number of ether oxygens (including phenoxy) is 1. The molecule has 0 aliphatic carbocycles. The van der Waals surface area contributed by atoms with Crippen molar-refractivity contribution in [2.45, 2.75) is 103 Å². The number of hydrogen-bond acceptors (Lipinski definition) is 3. The van der Waals surface area contributed by atoms with Gasteiger partial charge in [0.2, 0.25) is 0 Å². The van der Waals surface area contributed by atoms with E-state index in [1.165, 1.54) is 94.9 Å². The van der Waals surface area contributed by atoms with Crippen molar-refractivity contribution in [3.63, 3.8) is 0 Å². The van der Waals surface area contributed by atoms with Gasteiger partial charge in [0.05, 0.1) is 6.61 Å². The fourth-order valence-corrected chi connectivity index (χ4v) is 3.36. The number of carbonyl (C=O) groups excluding carboxylic acids is 2. The van der Waals surface area contributed by atoms with Crippen LogP contribution in [0.2, 0.25) is 0 Å². The van der Waals surface area contributed by atoms with Gasteiger partial charge in [0.1, 0.15) is 11.9 Å². The first-order valence-corrected chi connectivity index (χ1v) is 11.8. The third kappa shape index (κ3) is 12.6. The summed E-state index contributed by atoms with van der Waals surface area (Å²) in [4.78, 5) is 24.0. The first-order chi connectivity index (χ1) is 14.5. The lowest BCUT2D eigenvalue weighted by molar-refractivity contribution is -0.145. The van der Waals surface area contributed by atoms with Gasteiger partial charge in [-0.2, -0.15) is 0 Å². The summed E-state index contributed by atoms with van der Waals surface area (Å²) in [5.41, 5.74) is 0.313. The van der Waals surface area contributed by atoms with Crippen LogP contribution in [0.25, 0.3) is 0 Å². The monoisotopic (exact) mass is 421 g/mol. The zero-order chi connectivity index (χ0) is 22.0. The Balaban J connectivity index is 1.96. The van der Waals surface area contributed by atoms with Gasteiger partial charge in [-0.1, -0.05) is 84.0 Å². The van der Waals surface area contributed by atoms with E-state index in [1.807, 2.05) is 0 Å². The molecular formula is C25H40FNO3. The number of amides is 1. The van der Waals surface area contributed by atoms with Crippen LogP contribution in [0.4, 0.5) is 4.39 Å². The molecule has 0 aliphatic heterocycles. The normalized spacial score (nSPS) is 11.8. The van der Waals surface area contributed by atoms with Crippen molar-refractivity contribution in [1.29, 1.82) is 0 Å². The van der Waals surface area contributed by atoms with Crippen molar-refractivity contribution >= 4 is 11.9 Å². The summed E-state index contributed by atoms with van der Waals surface area (Å²) in [6.45, 7) is 4.23. The molecule has 1 rings (SSSR count). The summed E-state index contributed by atoms with van der Waals surface area (Å²) in [7, 11) is 0. The van der Waals surface area contributed by atoms with Crippen molar-refractivity contribution < 1.29 is 18.7 Å². The molecule has 1 unspecified atom stereocenters. The maximum atomic E-state index is 12.9. The van der Waals surface area contributed by atoms with E-state index in [0.29, 0.717) is 12.2 Å². The lowest BCUT2D eigenvalue weighted by Crippen LogP contribution is -2.39. The SMILES string of the molecule is CCCCCCCCCCCCCCCOC(=O)C(C)NC(=O)c1ccc(F)cc1. The van der Waals surface area contributed by atoms with Gasteiger partial charge in [-0.05, 0) is 37.6 Å². The third-order valence-electron chi connectivity index (χ3n) is 5.30. The summed E-state index contributed by atoms with van der Waals surface area (Å²) in [5.74, 6) is -1.26. The van der Waals surface area contributed by atoms with Crippen LogP contribution in [0.15, 0.2) is 24.3 Å². The molecule has 0 saturated carbocycles. The van der Waals surface area contributed by atoms with Gasteiger partial charge in [-0.25, -0.2) is 9.18 Å². The minimum absolute atomic E-state index is 0.313. The van der Waals surface area contributed by atoms with Crippen LogP contribution < -0.4 is 5.32 Å². The van der Waals surface area contributed by atoms with Crippen molar-refractivity contribution in [3.05, 3.63) is 35.6 Å². The largest absolute Gasteiger partial charge is 0.464 e. The number of esters is 1. The van der Waals surface area contributed by atoms with E-state index in [4.69, 9.17) is 4.74 Å². The van der Waals surface area contributed by atoms with Crippen LogP contribution in [0.3, 0.4) is 0 Å². The summed E-state index contributed by atoms with van der Waals surface area (Å²) in [5, 5.41) is 2.58. The molecule has 1 N–H and O–H groups in total. The zero-order valence-corrected chi connectivity index (χ0v) is 18.9. The molecule has 0 bridgehead atoms. The Hall–Kier alpha value is -1.91. The van der Waals surface area contributed by atoms with Gasteiger partial charge in [0.25, 0.3) is 5.91 Å². The smallest absolute Gasteiger partial charge is 0.328 e. The second kappa shape index (κ2) is 16.8. The maximum Gasteiger partial charge on any atom is 0.328 e. The van der Waals surface area contributed by atoms with Crippen LogP contribution >= 0.6 is 0 Å². The standard InChI is InChI=1S/C25H40FNO3/c1-3-4-5-6-7-8-9-10-11-12-13-14-15-20-30-25(29)21(2)27-24(28)22-16-18-23(26)19-17-22/h16-19,21H,3-15,20H2,1-2H3,(H,27,28). The molecule has 0 fully saturated rings. The number of rotatable bonds is 17. The van der Waals surface area contributed by atoms with E-state index in [2.05, 4.69) is 12.2 Å². The highest BCUT2D eigenvalue weighted by Crippen LogP contribution is 2.12. The van der Waals surface area contributed by atoms with Crippen LogP contribution in [-0.2, 0) is 9.53 Å². The third-order valence-corrected chi connectivity index (χ3v) is 5.30. The summed E-state index contributed by atoms with van der Waals surface area (Å²) < 4.78 is 18.1. The Morgan fingerprint density at radius 3 is 1.80 bits per heavy atom. The van der Waals surface area contributed by atoms with E-state index < -0.39 is 23.7 Å². The highest BCUT2D eigenvalue weighted by molar-refractivity contribution is 5.96. The Kier molecular flexibility index (Phi) is 14.7. The van der Waals surface area contributed by atoms with Crippen molar-refractivity contribution in [1.82, 2.24) is 5.32 Å². The number of benzene rings is 1. The molecule has 170 valence electrons. The van der Waals surface area contributed by atoms with E-state index in [1.54, 1.807) is 6.92 Å². The van der Waals surface area contributed by atoms with E-state index in [-0.39, 0.29) is 0 Å².